The lowest BCUT2D eigenvalue weighted by Gasteiger charge is -2.22. The minimum atomic E-state index is 0.171. The van der Waals surface area contributed by atoms with E-state index in [1.807, 2.05) is 4.90 Å². The van der Waals surface area contributed by atoms with Crippen molar-refractivity contribution in [1.82, 2.24) is 4.90 Å². The van der Waals surface area contributed by atoms with Crippen LogP contribution in [0.25, 0.3) is 10.4 Å². The molecule has 0 spiro atoms. The summed E-state index contributed by atoms with van der Waals surface area (Å²) in [6.07, 6.45) is 4.22. The van der Waals surface area contributed by atoms with Crippen molar-refractivity contribution in [2.24, 2.45) is 5.73 Å². The largest absolute Gasteiger partial charge is 0.334 e. The molecule has 1 aromatic carbocycles. The number of benzene rings is 1. The lowest BCUT2D eigenvalue weighted by molar-refractivity contribution is 0.0746. The molecule has 2 aliphatic rings. The quantitative estimate of drug-likeness (QED) is 0.926. The maximum atomic E-state index is 12.8. The van der Waals surface area contributed by atoms with Gasteiger partial charge in [0.15, 0.2) is 0 Å². The fourth-order valence-corrected chi connectivity index (χ4v) is 4.89. The number of carbonyl (C=O) groups is 1. The number of aryl methyl sites for hydroxylation is 2. The molecule has 0 radical (unpaired) electrons. The summed E-state index contributed by atoms with van der Waals surface area (Å²) in [6, 6.07) is 10.9. The van der Waals surface area contributed by atoms with Crippen molar-refractivity contribution in [2.75, 3.05) is 13.1 Å². The normalized spacial score (nSPS) is 19.9. The van der Waals surface area contributed by atoms with Gasteiger partial charge in [-0.05, 0) is 48.4 Å². The van der Waals surface area contributed by atoms with E-state index >= 15 is 0 Å². The first-order valence-electron chi connectivity index (χ1n) is 8.00. The van der Waals surface area contributed by atoms with Gasteiger partial charge in [-0.3, -0.25) is 4.79 Å². The van der Waals surface area contributed by atoms with Gasteiger partial charge in [0.1, 0.15) is 0 Å². The van der Waals surface area contributed by atoms with Crippen LogP contribution in [0.4, 0.5) is 0 Å². The molecular formula is C18H20N2OS. The zero-order chi connectivity index (χ0) is 15.1. The van der Waals surface area contributed by atoms with Crippen LogP contribution in [0, 0.1) is 0 Å². The van der Waals surface area contributed by atoms with E-state index in [1.54, 1.807) is 11.3 Å². The summed E-state index contributed by atoms with van der Waals surface area (Å²) in [4.78, 5) is 17.0. The Morgan fingerprint density at radius 2 is 2.09 bits per heavy atom. The topological polar surface area (TPSA) is 46.3 Å². The highest BCUT2D eigenvalue weighted by atomic mass is 32.1. The van der Waals surface area contributed by atoms with Gasteiger partial charge < -0.3 is 10.6 Å². The summed E-state index contributed by atoms with van der Waals surface area (Å²) in [5.74, 6) is 0.171. The Bertz CT molecular complexity index is 722. The lowest BCUT2D eigenvalue weighted by atomic mass is 9.91. The number of hydrogen-bond donors (Lipinski definition) is 1. The van der Waals surface area contributed by atoms with Crippen LogP contribution < -0.4 is 5.73 Å². The first-order chi connectivity index (χ1) is 10.8. The molecule has 1 amide bonds. The van der Waals surface area contributed by atoms with Crippen LogP contribution in [0.2, 0.25) is 0 Å². The van der Waals surface area contributed by atoms with Crippen LogP contribution in [0.15, 0.2) is 30.3 Å². The Labute approximate surface area is 134 Å². The van der Waals surface area contributed by atoms with Crippen molar-refractivity contribution in [3.63, 3.8) is 0 Å². The summed E-state index contributed by atoms with van der Waals surface area (Å²) in [5, 5.41) is 0. The van der Waals surface area contributed by atoms with E-state index in [2.05, 4.69) is 30.3 Å². The molecule has 2 N–H and O–H groups in total. The Kier molecular flexibility index (Phi) is 3.51. The van der Waals surface area contributed by atoms with E-state index in [4.69, 9.17) is 5.73 Å². The van der Waals surface area contributed by atoms with Crippen molar-refractivity contribution >= 4 is 17.2 Å². The number of likely N-dealkylation sites (tertiary alicyclic amines) is 1. The molecule has 4 rings (SSSR count). The van der Waals surface area contributed by atoms with Crippen molar-refractivity contribution < 1.29 is 4.79 Å². The van der Waals surface area contributed by atoms with Gasteiger partial charge in [-0.25, -0.2) is 0 Å². The fourth-order valence-electron chi connectivity index (χ4n) is 3.67. The third-order valence-corrected chi connectivity index (χ3v) is 6.05. The van der Waals surface area contributed by atoms with Crippen molar-refractivity contribution in [1.29, 1.82) is 0 Å². The fraction of sp³-hybridized carbons (Fsp3) is 0.389. The van der Waals surface area contributed by atoms with Crippen LogP contribution in [-0.2, 0) is 12.8 Å². The zero-order valence-corrected chi connectivity index (χ0v) is 13.4. The average Bonchev–Trinajstić information content (AvgIpc) is 3.20. The summed E-state index contributed by atoms with van der Waals surface area (Å²) < 4.78 is 0. The van der Waals surface area contributed by atoms with Crippen LogP contribution in [0.5, 0.6) is 0 Å². The number of amides is 1. The molecule has 1 unspecified atom stereocenters. The highest BCUT2D eigenvalue weighted by Gasteiger charge is 2.30. The number of hydrogen-bond acceptors (Lipinski definition) is 3. The molecule has 1 saturated heterocycles. The second-order valence-electron chi connectivity index (χ2n) is 6.15. The predicted octanol–water partition coefficient (Wildman–Crippen LogP) is 3.08. The molecule has 1 aliphatic heterocycles. The van der Waals surface area contributed by atoms with Gasteiger partial charge in [-0.15, -0.1) is 11.3 Å². The Hall–Kier alpha value is -1.65. The van der Waals surface area contributed by atoms with Crippen molar-refractivity contribution in [3.8, 4) is 10.4 Å². The maximum Gasteiger partial charge on any atom is 0.264 e. The predicted molar refractivity (Wildman–Crippen MR) is 90.3 cm³/mol. The first kappa shape index (κ1) is 14.0. The SMILES string of the molecule is NCC1CCCN1C(=O)c1cc2c(s1)-c1ccccc1CC2. The van der Waals surface area contributed by atoms with E-state index in [1.165, 1.54) is 21.6 Å². The molecule has 1 aliphatic carbocycles. The highest BCUT2D eigenvalue weighted by molar-refractivity contribution is 7.17. The molecule has 114 valence electrons. The zero-order valence-electron chi connectivity index (χ0n) is 12.5. The van der Waals surface area contributed by atoms with Gasteiger partial charge in [0.25, 0.3) is 5.91 Å². The lowest BCUT2D eigenvalue weighted by Crippen LogP contribution is -2.39. The van der Waals surface area contributed by atoms with Crippen molar-refractivity contribution in [2.45, 2.75) is 31.7 Å². The second kappa shape index (κ2) is 5.52. The Balaban J connectivity index is 1.69. The van der Waals surface area contributed by atoms with Crippen molar-refractivity contribution in [3.05, 3.63) is 46.3 Å². The molecule has 2 aromatic rings. The van der Waals surface area contributed by atoms with Gasteiger partial charge in [0.2, 0.25) is 0 Å². The second-order valence-corrected chi connectivity index (χ2v) is 7.20. The molecule has 4 heteroatoms. The van der Waals surface area contributed by atoms with Crippen LogP contribution in [-0.4, -0.2) is 29.9 Å². The number of rotatable bonds is 2. The highest BCUT2D eigenvalue weighted by Crippen LogP contribution is 2.40. The molecule has 3 nitrogen and oxygen atoms in total. The third kappa shape index (κ3) is 2.18. The van der Waals surface area contributed by atoms with Gasteiger partial charge in [-0.2, -0.15) is 0 Å². The minimum Gasteiger partial charge on any atom is -0.334 e. The average molecular weight is 312 g/mol. The Morgan fingerprint density at radius 3 is 2.95 bits per heavy atom. The van der Waals surface area contributed by atoms with Crippen LogP contribution in [0.3, 0.4) is 0 Å². The number of nitrogens with two attached hydrogens (primary N) is 1. The molecular weight excluding hydrogens is 292 g/mol. The smallest absolute Gasteiger partial charge is 0.264 e. The van der Waals surface area contributed by atoms with E-state index in [9.17, 15) is 4.79 Å². The van der Waals surface area contributed by atoms with Gasteiger partial charge >= 0.3 is 0 Å². The molecule has 1 atom stereocenters. The van der Waals surface area contributed by atoms with Crippen LogP contribution >= 0.6 is 11.3 Å². The van der Waals surface area contributed by atoms with Gasteiger partial charge in [0, 0.05) is 24.0 Å². The minimum absolute atomic E-state index is 0.171. The summed E-state index contributed by atoms with van der Waals surface area (Å²) >= 11 is 1.65. The van der Waals surface area contributed by atoms with E-state index < -0.39 is 0 Å². The Morgan fingerprint density at radius 1 is 1.27 bits per heavy atom. The van der Waals surface area contributed by atoms with E-state index in [0.29, 0.717) is 6.54 Å². The maximum absolute atomic E-state index is 12.8. The van der Waals surface area contributed by atoms with Crippen LogP contribution in [0.1, 0.15) is 33.6 Å². The number of nitrogens with zero attached hydrogens (tertiary/aromatic N) is 1. The molecule has 0 bridgehead atoms. The molecule has 1 fully saturated rings. The third-order valence-electron chi connectivity index (χ3n) is 4.86. The molecule has 2 heterocycles. The number of carbonyl (C=O) groups excluding carboxylic acids is 1. The van der Waals surface area contributed by atoms with E-state index in [-0.39, 0.29) is 11.9 Å². The number of fused-ring (bicyclic) bond motifs is 3. The van der Waals surface area contributed by atoms with Gasteiger partial charge in [-0.1, -0.05) is 24.3 Å². The van der Waals surface area contributed by atoms with Gasteiger partial charge in [0.05, 0.1) is 4.88 Å². The molecule has 0 saturated carbocycles. The number of thiophene rings is 1. The molecule has 1 aromatic heterocycles. The van der Waals surface area contributed by atoms with E-state index in [0.717, 1.165) is 37.1 Å². The monoisotopic (exact) mass is 312 g/mol. The summed E-state index contributed by atoms with van der Waals surface area (Å²) in [7, 11) is 0. The first-order valence-corrected chi connectivity index (χ1v) is 8.81. The summed E-state index contributed by atoms with van der Waals surface area (Å²) in [5.41, 5.74) is 9.85. The molecule has 22 heavy (non-hydrogen) atoms. The summed E-state index contributed by atoms with van der Waals surface area (Å²) in [6.45, 7) is 1.42. The standard InChI is InChI=1S/C18H20N2OS/c19-11-14-5-3-9-20(14)18(21)16-10-13-8-7-12-4-1-2-6-15(12)17(13)22-16/h1-2,4,6,10,14H,3,5,7-9,11,19H2.